The Labute approximate surface area is 161 Å². The number of barbiturate groups is 1. The summed E-state index contributed by atoms with van der Waals surface area (Å²) in [5, 5.41) is 2.60. The second kappa shape index (κ2) is 7.63. The second-order valence-corrected chi connectivity index (χ2v) is 6.30. The van der Waals surface area contributed by atoms with Crippen molar-refractivity contribution in [1.29, 1.82) is 0 Å². The van der Waals surface area contributed by atoms with Crippen molar-refractivity contribution in [1.82, 2.24) is 5.32 Å². The molecule has 0 bridgehead atoms. The summed E-state index contributed by atoms with van der Waals surface area (Å²) in [6.45, 7) is 4.17. The Hall–Kier alpha value is -3.12. The number of nitrogens with one attached hydrogen (secondary N) is 1. The molecule has 0 saturated carbocycles. The van der Waals surface area contributed by atoms with Crippen molar-refractivity contribution in [3.63, 3.8) is 0 Å². The number of carbonyl (C=O) groups excluding carboxylic acids is 3. The van der Waals surface area contributed by atoms with Gasteiger partial charge in [-0.05, 0) is 55.3 Å². The van der Waals surface area contributed by atoms with Gasteiger partial charge >= 0.3 is 6.03 Å². The first-order valence-electron chi connectivity index (χ1n) is 8.31. The van der Waals surface area contributed by atoms with Gasteiger partial charge in [0.2, 0.25) is 0 Å². The summed E-state index contributed by atoms with van der Waals surface area (Å²) in [6.07, 6.45) is 1.43. The molecule has 7 heteroatoms. The lowest BCUT2D eigenvalue weighted by Gasteiger charge is -2.26. The molecule has 0 aliphatic carbocycles. The van der Waals surface area contributed by atoms with E-state index in [1.165, 1.54) is 12.1 Å². The minimum Gasteiger partial charge on any atom is -0.494 e. The minimum atomic E-state index is -0.815. The Morgan fingerprint density at radius 3 is 2.63 bits per heavy atom. The van der Waals surface area contributed by atoms with Crippen molar-refractivity contribution in [2.24, 2.45) is 0 Å². The van der Waals surface area contributed by atoms with Gasteiger partial charge in [0, 0.05) is 5.02 Å². The third kappa shape index (κ3) is 3.85. The normalized spacial score (nSPS) is 15.9. The number of ether oxygens (including phenoxy) is 1. The lowest BCUT2D eigenvalue weighted by molar-refractivity contribution is -0.122. The molecule has 1 saturated heterocycles. The van der Waals surface area contributed by atoms with Gasteiger partial charge in [0.15, 0.2) is 0 Å². The Morgan fingerprint density at radius 2 is 1.93 bits per heavy atom. The molecule has 2 aromatic rings. The number of anilines is 1. The molecule has 1 N–H and O–H groups in total. The fourth-order valence-corrected chi connectivity index (χ4v) is 2.82. The summed E-state index contributed by atoms with van der Waals surface area (Å²) in [6, 6.07) is 11.0. The number of hydrogen-bond donors (Lipinski definition) is 1. The molecular weight excluding hydrogens is 368 g/mol. The molecule has 1 aliphatic heterocycles. The molecule has 0 aromatic heterocycles. The maximum absolute atomic E-state index is 12.9. The fourth-order valence-electron chi connectivity index (χ4n) is 2.64. The van der Waals surface area contributed by atoms with Crippen LogP contribution in [0.15, 0.2) is 48.0 Å². The van der Waals surface area contributed by atoms with Crippen molar-refractivity contribution in [2.45, 2.75) is 13.8 Å². The summed E-state index contributed by atoms with van der Waals surface area (Å²) >= 11 is 6.11. The number of imide groups is 2. The van der Waals surface area contributed by atoms with Crippen LogP contribution in [-0.2, 0) is 9.59 Å². The molecule has 2 aromatic carbocycles. The van der Waals surface area contributed by atoms with Crippen LogP contribution in [0.2, 0.25) is 5.02 Å². The summed E-state index contributed by atoms with van der Waals surface area (Å²) in [5.41, 5.74) is 1.55. The van der Waals surface area contributed by atoms with Gasteiger partial charge in [-0.1, -0.05) is 29.8 Å². The Bertz CT molecular complexity index is 968. The maximum Gasteiger partial charge on any atom is 0.335 e. The molecule has 1 fully saturated rings. The first-order valence-corrected chi connectivity index (χ1v) is 8.69. The van der Waals surface area contributed by atoms with Crippen LogP contribution in [0.4, 0.5) is 10.5 Å². The van der Waals surface area contributed by atoms with E-state index >= 15 is 0 Å². The lowest BCUT2D eigenvalue weighted by Crippen LogP contribution is -2.54. The average molecular weight is 385 g/mol. The molecule has 6 nitrogen and oxygen atoms in total. The third-order valence-corrected chi connectivity index (χ3v) is 4.40. The standard InChI is InChI=1S/C20H17ClN2O4/c1-3-27-15-6-4-5-13(9-15)10-16-18(24)22-20(26)23(19(16)25)14-8-7-12(2)17(21)11-14/h4-11H,3H2,1-2H3,(H,22,24,26)/b16-10-. The average Bonchev–Trinajstić information content (AvgIpc) is 2.62. The zero-order chi connectivity index (χ0) is 19.6. The van der Waals surface area contributed by atoms with E-state index in [1.54, 1.807) is 36.4 Å². The van der Waals surface area contributed by atoms with Crippen molar-refractivity contribution in [2.75, 3.05) is 11.5 Å². The van der Waals surface area contributed by atoms with Crippen LogP contribution < -0.4 is 15.0 Å². The summed E-state index contributed by atoms with van der Waals surface area (Å²) in [5.74, 6) is -0.847. The molecule has 0 atom stereocenters. The molecule has 27 heavy (non-hydrogen) atoms. The molecule has 0 radical (unpaired) electrons. The predicted octanol–water partition coefficient (Wildman–Crippen LogP) is 3.71. The van der Waals surface area contributed by atoms with E-state index in [9.17, 15) is 14.4 Å². The number of rotatable bonds is 4. The van der Waals surface area contributed by atoms with E-state index < -0.39 is 17.8 Å². The highest BCUT2D eigenvalue weighted by molar-refractivity contribution is 6.39. The van der Waals surface area contributed by atoms with E-state index in [4.69, 9.17) is 16.3 Å². The van der Waals surface area contributed by atoms with Gasteiger partial charge in [0.25, 0.3) is 11.8 Å². The highest BCUT2D eigenvalue weighted by Gasteiger charge is 2.36. The highest BCUT2D eigenvalue weighted by Crippen LogP contribution is 2.27. The van der Waals surface area contributed by atoms with Gasteiger partial charge in [-0.3, -0.25) is 14.9 Å². The maximum atomic E-state index is 12.9. The number of halogens is 1. The van der Waals surface area contributed by atoms with Crippen molar-refractivity contribution in [3.05, 3.63) is 64.2 Å². The van der Waals surface area contributed by atoms with Gasteiger partial charge in [-0.2, -0.15) is 0 Å². The number of nitrogens with zero attached hydrogens (tertiary/aromatic N) is 1. The van der Waals surface area contributed by atoms with Crippen molar-refractivity contribution < 1.29 is 19.1 Å². The topological polar surface area (TPSA) is 75.7 Å². The Balaban J connectivity index is 1.99. The van der Waals surface area contributed by atoms with E-state index in [2.05, 4.69) is 5.32 Å². The van der Waals surface area contributed by atoms with Gasteiger partial charge in [0.1, 0.15) is 11.3 Å². The van der Waals surface area contributed by atoms with Gasteiger partial charge < -0.3 is 4.74 Å². The van der Waals surface area contributed by atoms with Crippen LogP contribution in [0, 0.1) is 6.92 Å². The van der Waals surface area contributed by atoms with Crippen LogP contribution in [-0.4, -0.2) is 24.5 Å². The SMILES string of the molecule is CCOc1cccc(/C=C2/C(=O)NC(=O)N(c3ccc(C)c(Cl)c3)C2=O)c1. The second-order valence-electron chi connectivity index (χ2n) is 5.90. The highest BCUT2D eigenvalue weighted by atomic mass is 35.5. The van der Waals surface area contributed by atoms with Gasteiger partial charge in [-0.15, -0.1) is 0 Å². The largest absolute Gasteiger partial charge is 0.494 e. The zero-order valence-electron chi connectivity index (χ0n) is 14.8. The predicted molar refractivity (Wildman–Crippen MR) is 103 cm³/mol. The number of benzene rings is 2. The molecule has 3 rings (SSSR count). The number of urea groups is 1. The number of carbonyl (C=O) groups is 3. The molecule has 1 aliphatic rings. The fraction of sp³-hybridized carbons (Fsp3) is 0.150. The van der Waals surface area contributed by atoms with Crippen LogP contribution in [0.1, 0.15) is 18.1 Å². The van der Waals surface area contributed by atoms with Crippen molar-refractivity contribution in [3.8, 4) is 5.75 Å². The minimum absolute atomic E-state index is 0.153. The van der Waals surface area contributed by atoms with E-state index in [-0.39, 0.29) is 11.3 Å². The van der Waals surface area contributed by atoms with Gasteiger partial charge in [-0.25, -0.2) is 9.69 Å². The summed E-state index contributed by atoms with van der Waals surface area (Å²) in [7, 11) is 0. The van der Waals surface area contributed by atoms with Gasteiger partial charge in [0.05, 0.1) is 12.3 Å². The molecule has 0 unspecified atom stereocenters. The quantitative estimate of drug-likeness (QED) is 0.644. The van der Waals surface area contributed by atoms with Crippen LogP contribution in [0.5, 0.6) is 5.75 Å². The monoisotopic (exact) mass is 384 g/mol. The number of aryl methyl sites for hydroxylation is 1. The lowest BCUT2D eigenvalue weighted by atomic mass is 10.1. The smallest absolute Gasteiger partial charge is 0.335 e. The molecule has 138 valence electrons. The summed E-state index contributed by atoms with van der Waals surface area (Å²) in [4.78, 5) is 38.2. The zero-order valence-corrected chi connectivity index (χ0v) is 15.5. The van der Waals surface area contributed by atoms with E-state index in [0.717, 1.165) is 10.5 Å². The molecule has 1 heterocycles. The summed E-state index contributed by atoms with van der Waals surface area (Å²) < 4.78 is 5.43. The first-order chi connectivity index (χ1) is 12.9. The Morgan fingerprint density at radius 1 is 1.15 bits per heavy atom. The molecule has 0 spiro atoms. The van der Waals surface area contributed by atoms with Crippen LogP contribution >= 0.6 is 11.6 Å². The molecular formula is C20H17ClN2O4. The molecule has 4 amide bonds. The number of amides is 4. The number of hydrogen-bond acceptors (Lipinski definition) is 4. The van der Waals surface area contributed by atoms with E-state index in [0.29, 0.717) is 22.9 Å². The van der Waals surface area contributed by atoms with Crippen LogP contribution in [0.3, 0.4) is 0 Å². The van der Waals surface area contributed by atoms with Crippen molar-refractivity contribution >= 4 is 41.2 Å². The first kappa shape index (κ1) is 18.7. The van der Waals surface area contributed by atoms with E-state index in [1.807, 2.05) is 13.8 Å². The van der Waals surface area contributed by atoms with Crippen LogP contribution in [0.25, 0.3) is 6.08 Å². The Kier molecular flexibility index (Phi) is 5.28. The third-order valence-electron chi connectivity index (χ3n) is 4.00.